The molecule has 1 aromatic rings. The van der Waals surface area contributed by atoms with E-state index in [1.165, 1.54) is 34.3 Å². The summed E-state index contributed by atoms with van der Waals surface area (Å²) in [6.45, 7) is 6.34. The van der Waals surface area contributed by atoms with Crippen molar-refractivity contribution in [2.75, 3.05) is 31.2 Å². The monoisotopic (exact) mass is 436 g/mol. The summed E-state index contributed by atoms with van der Waals surface area (Å²) in [4.78, 5) is 38.1. The highest BCUT2D eigenvalue weighted by atomic mass is 32.2. The summed E-state index contributed by atoms with van der Waals surface area (Å²) in [5.74, 6) is -2.15. The number of amides is 1. The normalized spacial score (nSPS) is 22.0. The minimum atomic E-state index is -3.78. The van der Waals surface area contributed by atoms with Crippen LogP contribution in [0.5, 0.6) is 0 Å². The lowest BCUT2D eigenvalue weighted by Gasteiger charge is -2.44. The van der Waals surface area contributed by atoms with E-state index in [9.17, 15) is 22.8 Å². The fourth-order valence-electron chi connectivity index (χ4n) is 3.99. The lowest BCUT2D eigenvalue weighted by Crippen LogP contribution is -2.54. The van der Waals surface area contributed by atoms with Gasteiger partial charge in [-0.15, -0.1) is 6.58 Å². The quantitative estimate of drug-likeness (QED) is 0.487. The van der Waals surface area contributed by atoms with Crippen molar-refractivity contribution in [3.05, 3.63) is 36.4 Å². The van der Waals surface area contributed by atoms with Crippen LogP contribution in [0.25, 0.3) is 0 Å². The van der Waals surface area contributed by atoms with Crippen molar-refractivity contribution < 1.29 is 32.3 Å². The number of nitrogens with zero attached hydrogens (tertiary/aromatic N) is 2. The number of hydrogen-bond acceptors (Lipinski definition) is 7. The van der Waals surface area contributed by atoms with Gasteiger partial charge in [0.1, 0.15) is 6.04 Å². The molecule has 2 heterocycles. The summed E-state index contributed by atoms with van der Waals surface area (Å²) >= 11 is 0. The Morgan fingerprint density at radius 2 is 2.00 bits per heavy atom. The van der Waals surface area contributed by atoms with E-state index in [1.54, 1.807) is 13.0 Å². The molecule has 0 spiro atoms. The number of sulfonamides is 1. The van der Waals surface area contributed by atoms with Crippen molar-refractivity contribution in [3.8, 4) is 0 Å². The maximum atomic E-state index is 13.1. The van der Waals surface area contributed by atoms with Crippen molar-refractivity contribution in [2.45, 2.75) is 37.1 Å². The number of rotatable bonds is 6. The third kappa shape index (κ3) is 3.84. The molecule has 0 N–H and O–H groups in total. The lowest BCUT2D eigenvalue weighted by molar-refractivity contribution is -0.148. The van der Waals surface area contributed by atoms with E-state index in [0.717, 1.165) is 0 Å². The van der Waals surface area contributed by atoms with E-state index in [4.69, 9.17) is 9.47 Å². The molecule has 0 bridgehead atoms. The first kappa shape index (κ1) is 22.0. The van der Waals surface area contributed by atoms with Crippen molar-refractivity contribution in [2.24, 2.45) is 0 Å². The fourth-order valence-corrected chi connectivity index (χ4v) is 5.74. The molecule has 1 amide bonds. The molecule has 0 fully saturated rings. The van der Waals surface area contributed by atoms with Crippen LogP contribution in [0.3, 0.4) is 0 Å². The van der Waals surface area contributed by atoms with E-state index in [0.29, 0.717) is 11.3 Å². The maximum absolute atomic E-state index is 13.1. The zero-order valence-corrected chi connectivity index (χ0v) is 17.7. The van der Waals surface area contributed by atoms with Crippen LogP contribution in [0.1, 0.15) is 31.7 Å². The van der Waals surface area contributed by atoms with Gasteiger partial charge in [-0.05, 0) is 25.5 Å². The van der Waals surface area contributed by atoms with Crippen molar-refractivity contribution in [1.82, 2.24) is 4.31 Å². The minimum absolute atomic E-state index is 0.102. The molecular formula is C20H24N2O7S. The topological polar surface area (TPSA) is 110 Å². The molecule has 0 saturated heterocycles. The van der Waals surface area contributed by atoms with Crippen LogP contribution in [-0.2, 0) is 33.9 Å². The van der Waals surface area contributed by atoms with Crippen LogP contribution in [0.15, 0.2) is 35.7 Å². The highest BCUT2D eigenvalue weighted by molar-refractivity contribution is 7.89. The first-order chi connectivity index (χ1) is 14.2. The Labute approximate surface area is 175 Å². The van der Waals surface area contributed by atoms with Gasteiger partial charge in [0, 0.05) is 37.2 Å². The molecule has 10 heteroatoms. The van der Waals surface area contributed by atoms with Crippen molar-refractivity contribution in [1.29, 1.82) is 0 Å². The van der Waals surface area contributed by atoms with Gasteiger partial charge in [-0.1, -0.05) is 12.1 Å². The van der Waals surface area contributed by atoms with Gasteiger partial charge in [-0.2, -0.15) is 4.31 Å². The maximum Gasteiger partial charge on any atom is 0.329 e. The summed E-state index contributed by atoms with van der Waals surface area (Å²) in [5, 5.41) is 0. The van der Waals surface area contributed by atoms with E-state index in [-0.39, 0.29) is 36.9 Å². The average molecular weight is 436 g/mol. The molecule has 0 aromatic heterocycles. The third-order valence-electron chi connectivity index (χ3n) is 5.13. The number of carbonyl (C=O) groups excluding carboxylic acids is 3. The van der Waals surface area contributed by atoms with Crippen LogP contribution >= 0.6 is 0 Å². The van der Waals surface area contributed by atoms with Crippen molar-refractivity contribution in [3.63, 3.8) is 0 Å². The van der Waals surface area contributed by atoms with E-state index >= 15 is 0 Å². The highest BCUT2D eigenvalue weighted by Crippen LogP contribution is 2.46. The molecule has 0 saturated carbocycles. The number of ether oxygens (including phenoxy) is 2. The first-order valence-electron chi connectivity index (χ1n) is 9.58. The SMILES string of the molecule is C=CCN1C[C@@H]2C[C@@H](C(=O)OCC)N(C(=O)COC(C)=O)c3cccc(c32)S1(=O)=O. The van der Waals surface area contributed by atoms with Crippen LogP contribution < -0.4 is 4.90 Å². The van der Waals surface area contributed by atoms with Gasteiger partial charge >= 0.3 is 11.9 Å². The molecule has 9 nitrogen and oxygen atoms in total. The Kier molecular flexibility index (Phi) is 6.27. The largest absolute Gasteiger partial charge is 0.464 e. The molecule has 1 aromatic carbocycles. The van der Waals surface area contributed by atoms with Crippen LogP contribution in [0, 0.1) is 0 Å². The predicted molar refractivity (Wildman–Crippen MR) is 107 cm³/mol. The summed E-state index contributed by atoms with van der Waals surface area (Å²) in [5.41, 5.74) is 0.815. The summed E-state index contributed by atoms with van der Waals surface area (Å²) in [7, 11) is -3.78. The molecule has 30 heavy (non-hydrogen) atoms. The molecule has 2 atom stereocenters. The molecule has 0 aliphatic carbocycles. The predicted octanol–water partition coefficient (Wildman–Crippen LogP) is 1.19. The minimum Gasteiger partial charge on any atom is -0.464 e. The Morgan fingerprint density at radius 3 is 2.63 bits per heavy atom. The van der Waals surface area contributed by atoms with E-state index in [2.05, 4.69) is 6.58 Å². The second-order valence-electron chi connectivity index (χ2n) is 7.04. The molecule has 2 aliphatic rings. The molecule has 0 unspecified atom stereocenters. The van der Waals surface area contributed by atoms with Crippen molar-refractivity contribution >= 4 is 33.6 Å². The first-order valence-corrected chi connectivity index (χ1v) is 11.0. The Balaban J connectivity index is 2.13. The van der Waals surface area contributed by atoms with Gasteiger partial charge < -0.3 is 9.47 Å². The average Bonchev–Trinajstić information content (AvgIpc) is 2.70. The second-order valence-corrected chi connectivity index (χ2v) is 8.95. The molecule has 3 rings (SSSR count). The van der Waals surface area contributed by atoms with Gasteiger partial charge in [0.2, 0.25) is 10.0 Å². The molecule has 0 radical (unpaired) electrons. The summed E-state index contributed by atoms with van der Waals surface area (Å²) in [6, 6.07) is 3.67. The lowest BCUT2D eigenvalue weighted by atomic mass is 9.84. The Bertz CT molecular complexity index is 989. The van der Waals surface area contributed by atoms with Crippen LogP contribution in [0.2, 0.25) is 0 Å². The standard InChI is InChI=1S/C20H24N2O7S/c1-4-9-21-11-14-10-16(20(25)28-5-2)22(18(24)12-29-13(3)23)15-7-6-8-17(19(14)15)30(21,26)27/h4,6-8,14,16H,1,5,9-12H2,2-3H3/t14-,16-/m0/s1. The van der Waals surface area contributed by atoms with Crippen LogP contribution in [-0.4, -0.2) is 62.9 Å². The molecule has 2 aliphatic heterocycles. The van der Waals surface area contributed by atoms with E-state index < -0.39 is 40.5 Å². The van der Waals surface area contributed by atoms with Gasteiger partial charge in [0.15, 0.2) is 6.61 Å². The summed E-state index contributed by atoms with van der Waals surface area (Å²) in [6.07, 6.45) is 1.70. The Morgan fingerprint density at radius 1 is 1.27 bits per heavy atom. The number of hydrogen-bond donors (Lipinski definition) is 0. The van der Waals surface area contributed by atoms with Gasteiger partial charge in [-0.25, -0.2) is 13.2 Å². The number of anilines is 1. The van der Waals surface area contributed by atoms with Gasteiger partial charge in [0.25, 0.3) is 5.91 Å². The third-order valence-corrected chi connectivity index (χ3v) is 7.02. The van der Waals surface area contributed by atoms with E-state index in [1.807, 2.05) is 0 Å². The highest BCUT2D eigenvalue weighted by Gasteiger charge is 2.47. The summed E-state index contributed by atoms with van der Waals surface area (Å²) < 4.78 is 37.4. The zero-order valence-electron chi connectivity index (χ0n) is 16.9. The number of benzene rings is 1. The van der Waals surface area contributed by atoms with Gasteiger partial charge in [-0.3, -0.25) is 14.5 Å². The fraction of sp³-hybridized carbons (Fsp3) is 0.450. The molecule has 162 valence electrons. The molecular weight excluding hydrogens is 412 g/mol. The number of esters is 2. The smallest absolute Gasteiger partial charge is 0.329 e. The van der Waals surface area contributed by atoms with Crippen LogP contribution in [0.4, 0.5) is 5.69 Å². The Hall–Kier alpha value is -2.72. The second kappa shape index (κ2) is 8.57. The van der Waals surface area contributed by atoms with Gasteiger partial charge in [0.05, 0.1) is 11.5 Å². The number of carbonyl (C=O) groups is 3. The zero-order chi connectivity index (χ0) is 22.1.